The quantitative estimate of drug-likeness (QED) is 0.579. The molecular weight excluding hydrogens is 426 g/mol. The van der Waals surface area contributed by atoms with Crippen LogP contribution in [-0.2, 0) is 24.4 Å². The van der Waals surface area contributed by atoms with Crippen LogP contribution in [0.25, 0.3) is 0 Å². The summed E-state index contributed by atoms with van der Waals surface area (Å²) < 4.78 is 33.2. The highest BCUT2D eigenvalue weighted by molar-refractivity contribution is 5.68. The van der Waals surface area contributed by atoms with Crippen LogP contribution in [0.15, 0.2) is 78.9 Å². The number of likely N-dealkylation sites (tertiary alicyclic amines) is 1. The zero-order chi connectivity index (χ0) is 23.2. The van der Waals surface area contributed by atoms with Crippen molar-refractivity contribution in [3.8, 4) is 0 Å². The summed E-state index contributed by atoms with van der Waals surface area (Å²) in [5.74, 6) is -1.28. The number of ether oxygens (including phenoxy) is 1. The Bertz CT molecular complexity index is 1070. The third-order valence-corrected chi connectivity index (χ3v) is 5.81. The summed E-state index contributed by atoms with van der Waals surface area (Å²) in [5.41, 5.74) is 2.18. The van der Waals surface area contributed by atoms with E-state index in [1.165, 1.54) is 17.0 Å². The molecular formula is C26H26F2N2O3. The molecule has 0 unspecified atom stereocenters. The van der Waals surface area contributed by atoms with Crippen molar-refractivity contribution < 1.29 is 23.4 Å². The molecule has 4 rings (SSSR count). The van der Waals surface area contributed by atoms with E-state index in [-0.39, 0.29) is 26.2 Å². The van der Waals surface area contributed by atoms with Gasteiger partial charge in [0, 0.05) is 31.3 Å². The molecule has 3 aromatic rings. The first-order valence-electron chi connectivity index (χ1n) is 10.8. The van der Waals surface area contributed by atoms with E-state index < -0.39 is 29.9 Å². The zero-order valence-electron chi connectivity index (χ0n) is 18.1. The Labute approximate surface area is 191 Å². The minimum atomic E-state index is -0.832. The summed E-state index contributed by atoms with van der Waals surface area (Å²) in [7, 11) is 0. The number of rotatable bonds is 7. The number of carbonyl (C=O) groups excluding carboxylic acids is 1. The van der Waals surface area contributed by atoms with Gasteiger partial charge in [0.25, 0.3) is 0 Å². The topological polar surface area (TPSA) is 53.0 Å². The van der Waals surface area contributed by atoms with Gasteiger partial charge in [0.15, 0.2) is 0 Å². The van der Waals surface area contributed by atoms with Gasteiger partial charge in [-0.1, -0.05) is 66.7 Å². The van der Waals surface area contributed by atoms with Crippen LogP contribution in [0.3, 0.4) is 0 Å². The number of hydrogen-bond donors (Lipinski definition) is 1. The van der Waals surface area contributed by atoms with Gasteiger partial charge in [-0.15, -0.1) is 0 Å². The first kappa shape index (κ1) is 22.9. The molecule has 33 heavy (non-hydrogen) atoms. The maximum atomic E-state index is 14.4. The van der Waals surface area contributed by atoms with Crippen LogP contribution in [0.1, 0.15) is 16.7 Å². The van der Waals surface area contributed by atoms with E-state index in [2.05, 4.69) is 0 Å². The third-order valence-electron chi connectivity index (χ3n) is 5.81. The SMILES string of the molecule is O=C(OCc1ccccc1)N1C[C@@H](O)[C@H](N(Cc2ccccc2)Cc2ccc(F)cc2F)C1. The number of hydrogen-bond acceptors (Lipinski definition) is 4. The molecule has 2 atom stereocenters. The van der Waals surface area contributed by atoms with E-state index in [1.54, 1.807) is 0 Å². The minimum absolute atomic E-state index is 0.121. The average molecular weight is 453 g/mol. The first-order valence-corrected chi connectivity index (χ1v) is 10.8. The molecule has 1 fully saturated rings. The molecule has 1 aliphatic heterocycles. The first-order chi connectivity index (χ1) is 16.0. The molecule has 1 N–H and O–H groups in total. The van der Waals surface area contributed by atoms with Gasteiger partial charge in [0.2, 0.25) is 0 Å². The van der Waals surface area contributed by atoms with Crippen LogP contribution in [-0.4, -0.2) is 46.2 Å². The average Bonchev–Trinajstić information content (AvgIpc) is 3.21. The Morgan fingerprint density at radius 2 is 1.61 bits per heavy atom. The number of β-amino-alcohol motifs (C(OH)–C–C–N with tert-alkyl or cyclic N) is 1. The second-order valence-corrected chi connectivity index (χ2v) is 8.21. The number of halogens is 2. The van der Waals surface area contributed by atoms with Crippen LogP contribution < -0.4 is 0 Å². The molecule has 3 aromatic carbocycles. The minimum Gasteiger partial charge on any atom is -0.445 e. The van der Waals surface area contributed by atoms with Gasteiger partial charge in [-0.25, -0.2) is 13.6 Å². The van der Waals surface area contributed by atoms with Crippen molar-refractivity contribution in [2.75, 3.05) is 13.1 Å². The molecule has 172 valence electrons. The fourth-order valence-corrected chi connectivity index (χ4v) is 4.07. The lowest BCUT2D eigenvalue weighted by atomic mass is 10.1. The Balaban J connectivity index is 1.47. The molecule has 0 saturated carbocycles. The van der Waals surface area contributed by atoms with Crippen molar-refractivity contribution in [3.63, 3.8) is 0 Å². The van der Waals surface area contributed by atoms with Crippen molar-refractivity contribution in [2.45, 2.75) is 31.8 Å². The monoisotopic (exact) mass is 452 g/mol. The van der Waals surface area contributed by atoms with E-state index in [4.69, 9.17) is 4.74 Å². The predicted octanol–water partition coefficient (Wildman–Crippen LogP) is 4.35. The molecule has 0 aromatic heterocycles. The van der Waals surface area contributed by atoms with Gasteiger partial charge in [-0.2, -0.15) is 0 Å². The Morgan fingerprint density at radius 3 is 2.27 bits per heavy atom. The standard InChI is InChI=1S/C26H26F2N2O3/c27-22-12-11-21(23(28)13-22)15-29(14-19-7-3-1-4-8-19)24-16-30(17-25(24)31)26(32)33-18-20-9-5-2-6-10-20/h1-13,24-25,31H,14-18H2/t24-,25-/m1/s1. The Hall–Kier alpha value is -3.29. The lowest BCUT2D eigenvalue weighted by Gasteiger charge is -2.31. The second kappa shape index (κ2) is 10.6. The van der Waals surface area contributed by atoms with Crippen molar-refractivity contribution >= 4 is 6.09 Å². The van der Waals surface area contributed by atoms with E-state index in [9.17, 15) is 18.7 Å². The van der Waals surface area contributed by atoms with Crippen molar-refractivity contribution in [1.82, 2.24) is 9.80 Å². The largest absolute Gasteiger partial charge is 0.445 e. The predicted molar refractivity (Wildman–Crippen MR) is 120 cm³/mol. The molecule has 1 aliphatic rings. The van der Waals surface area contributed by atoms with Gasteiger partial charge >= 0.3 is 6.09 Å². The number of benzene rings is 3. The lowest BCUT2D eigenvalue weighted by Crippen LogP contribution is -2.42. The maximum absolute atomic E-state index is 14.4. The number of carbonyl (C=O) groups is 1. The van der Waals surface area contributed by atoms with E-state index in [0.717, 1.165) is 17.2 Å². The summed E-state index contributed by atoms with van der Waals surface area (Å²) in [6.07, 6.45) is -1.34. The molecule has 1 amide bonds. The van der Waals surface area contributed by atoms with Crippen LogP contribution in [0.5, 0.6) is 0 Å². The Kier molecular flexibility index (Phi) is 7.32. The zero-order valence-corrected chi connectivity index (χ0v) is 18.1. The number of nitrogens with zero attached hydrogens (tertiary/aromatic N) is 2. The molecule has 7 heteroatoms. The number of amides is 1. The smallest absolute Gasteiger partial charge is 0.410 e. The highest BCUT2D eigenvalue weighted by atomic mass is 19.1. The summed E-state index contributed by atoms with van der Waals surface area (Å²) in [6.45, 7) is 1.10. The van der Waals surface area contributed by atoms with E-state index >= 15 is 0 Å². The van der Waals surface area contributed by atoms with Crippen molar-refractivity contribution in [2.24, 2.45) is 0 Å². The van der Waals surface area contributed by atoms with Crippen molar-refractivity contribution in [3.05, 3.63) is 107 Å². The molecule has 1 heterocycles. The summed E-state index contributed by atoms with van der Waals surface area (Å²) >= 11 is 0. The highest BCUT2D eigenvalue weighted by Crippen LogP contribution is 2.23. The maximum Gasteiger partial charge on any atom is 0.410 e. The van der Waals surface area contributed by atoms with Gasteiger partial charge in [-0.05, 0) is 17.2 Å². The third kappa shape index (κ3) is 5.94. The number of aliphatic hydroxyl groups excluding tert-OH is 1. The van der Waals surface area contributed by atoms with E-state index in [0.29, 0.717) is 12.1 Å². The fourth-order valence-electron chi connectivity index (χ4n) is 4.07. The highest BCUT2D eigenvalue weighted by Gasteiger charge is 2.38. The lowest BCUT2D eigenvalue weighted by molar-refractivity contribution is 0.0721. The molecule has 0 radical (unpaired) electrons. The molecule has 0 bridgehead atoms. The number of aliphatic hydroxyl groups is 1. The van der Waals surface area contributed by atoms with E-state index in [1.807, 2.05) is 65.6 Å². The summed E-state index contributed by atoms with van der Waals surface area (Å²) in [6, 6.07) is 22.0. The Morgan fingerprint density at radius 1 is 0.939 bits per heavy atom. The fraction of sp³-hybridized carbons (Fsp3) is 0.269. The van der Waals surface area contributed by atoms with Gasteiger partial charge in [0.05, 0.1) is 18.7 Å². The molecule has 0 aliphatic carbocycles. The van der Waals surface area contributed by atoms with Crippen LogP contribution in [0.2, 0.25) is 0 Å². The second-order valence-electron chi connectivity index (χ2n) is 8.21. The summed E-state index contributed by atoms with van der Waals surface area (Å²) in [5, 5.41) is 10.8. The van der Waals surface area contributed by atoms with Gasteiger partial charge in [-0.3, -0.25) is 4.90 Å². The molecule has 5 nitrogen and oxygen atoms in total. The molecule has 1 saturated heterocycles. The van der Waals surface area contributed by atoms with Crippen LogP contribution in [0.4, 0.5) is 13.6 Å². The summed E-state index contributed by atoms with van der Waals surface area (Å²) in [4.78, 5) is 16.0. The van der Waals surface area contributed by atoms with Gasteiger partial charge in [0.1, 0.15) is 18.2 Å². The molecule has 0 spiro atoms. The van der Waals surface area contributed by atoms with Crippen molar-refractivity contribution in [1.29, 1.82) is 0 Å². The normalized spacial score (nSPS) is 18.0. The van der Waals surface area contributed by atoms with Crippen LogP contribution >= 0.6 is 0 Å². The van der Waals surface area contributed by atoms with Crippen LogP contribution in [0, 0.1) is 11.6 Å². The van der Waals surface area contributed by atoms with Gasteiger partial charge < -0.3 is 14.7 Å².